The van der Waals surface area contributed by atoms with Gasteiger partial charge in [-0.05, 0) is 12.1 Å². The lowest BCUT2D eigenvalue weighted by Gasteiger charge is -2.09. The fourth-order valence-corrected chi connectivity index (χ4v) is 1.55. The number of carbonyl (C=O) groups is 1. The molecule has 0 aliphatic heterocycles. The van der Waals surface area contributed by atoms with E-state index < -0.39 is 5.97 Å². The highest BCUT2D eigenvalue weighted by Gasteiger charge is 2.07. The molecule has 1 aromatic carbocycles. The van der Waals surface area contributed by atoms with E-state index >= 15 is 0 Å². The summed E-state index contributed by atoms with van der Waals surface area (Å²) in [7, 11) is 3.07. The Kier molecular flexibility index (Phi) is 3.18. The summed E-state index contributed by atoms with van der Waals surface area (Å²) in [5, 5.41) is 10.6. The van der Waals surface area contributed by atoms with Crippen molar-refractivity contribution in [3.63, 3.8) is 0 Å². The van der Waals surface area contributed by atoms with Crippen LogP contribution in [0.25, 0.3) is 5.69 Å². The van der Waals surface area contributed by atoms with Crippen LogP contribution in [0.3, 0.4) is 0 Å². The van der Waals surface area contributed by atoms with Gasteiger partial charge >= 0.3 is 0 Å². The number of imidazole rings is 1. The van der Waals surface area contributed by atoms with E-state index in [1.54, 1.807) is 29.9 Å². The molecule has 0 bridgehead atoms. The normalized spacial score (nSPS) is 10.1. The molecule has 0 spiro atoms. The van der Waals surface area contributed by atoms with Crippen LogP contribution in [0.1, 0.15) is 10.5 Å². The topological polar surface area (TPSA) is 76.4 Å². The van der Waals surface area contributed by atoms with Crippen molar-refractivity contribution in [3.8, 4) is 17.2 Å². The Balaban J connectivity index is 2.41. The second-order valence-electron chi connectivity index (χ2n) is 3.49. The lowest BCUT2D eigenvalue weighted by Crippen LogP contribution is -2.22. The Hall–Kier alpha value is -2.50. The molecule has 6 nitrogen and oxygen atoms in total. The molecular formula is C12H11N2O4-. The molecule has 0 saturated heterocycles. The number of hydrogen-bond donors (Lipinski definition) is 0. The molecule has 0 unspecified atom stereocenters. The first-order valence-corrected chi connectivity index (χ1v) is 5.13. The van der Waals surface area contributed by atoms with Gasteiger partial charge in [0, 0.05) is 12.3 Å². The molecule has 6 heteroatoms. The fraction of sp³-hybridized carbons (Fsp3) is 0.167. The Labute approximate surface area is 103 Å². The summed E-state index contributed by atoms with van der Waals surface area (Å²) in [6.45, 7) is 0. The maximum Gasteiger partial charge on any atom is 0.162 e. The van der Waals surface area contributed by atoms with Crippen LogP contribution in [-0.2, 0) is 0 Å². The van der Waals surface area contributed by atoms with Gasteiger partial charge in [-0.1, -0.05) is 0 Å². The van der Waals surface area contributed by atoms with Crippen LogP contribution in [0.5, 0.6) is 11.5 Å². The Bertz CT molecular complexity index is 577. The predicted octanol–water partition coefficient (Wildman–Crippen LogP) is 0.253. The molecule has 1 aromatic heterocycles. The summed E-state index contributed by atoms with van der Waals surface area (Å²) in [6, 6.07) is 5.22. The van der Waals surface area contributed by atoms with E-state index in [-0.39, 0.29) is 5.69 Å². The van der Waals surface area contributed by atoms with Crippen molar-refractivity contribution >= 4 is 5.97 Å². The molecule has 0 fully saturated rings. The minimum atomic E-state index is -1.31. The molecule has 0 aliphatic rings. The van der Waals surface area contributed by atoms with Crippen LogP contribution in [0, 0.1) is 0 Å². The van der Waals surface area contributed by atoms with Crippen LogP contribution in [0.4, 0.5) is 0 Å². The van der Waals surface area contributed by atoms with Crippen molar-refractivity contribution in [2.75, 3.05) is 14.2 Å². The smallest absolute Gasteiger partial charge is 0.162 e. The van der Waals surface area contributed by atoms with Crippen LogP contribution < -0.4 is 14.6 Å². The molecule has 0 saturated carbocycles. The van der Waals surface area contributed by atoms with Gasteiger partial charge in [-0.3, -0.25) is 0 Å². The fourth-order valence-electron chi connectivity index (χ4n) is 1.55. The molecule has 18 heavy (non-hydrogen) atoms. The zero-order chi connectivity index (χ0) is 13.1. The second-order valence-corrected chi connectivity index (χ2v) is 3.49. The monoisotopic (exact) mass is 247 g/mol. The van der Waals surface area contributed by atoms with Crippen LogP contribution in [0.2, 0.25) is 0 Å². The lowest BCUT2D eigenvalue weighted by atomic mass is 10.2. The summed E-state index contributed by atoms with van der Waals surface area (Å²) in [5.41, 5.74) is 0.595. The number of hydrogen-bond acceptors (Lipinski definition) is 5. The molecule has 0 aliphatic carbocycles. The number of benzene rings is 1. The number of carboxylic acid groups (broad SMARTS) is 1. The van der Waals surface area contributed by atoms with Crippen LogP contribution >= 0.6 is 0 Å². The van der Waals surface area contributed by atoms with Crippen molar-refractivity contribution < 1.29 is 19.4 Å². The minimum Gasteiger partial charge on any atom is -0.543 e. The number of methoxy groups -OCH3 is 2. The predicted molar refractivity (Wildman–Crippen MR) is 61.0 cm³/mol. The van der Waals surface area contributed by atoms with Gasteiger partial charge in [-0.25, -0.2) is 4.98 Å². The van der Waals surface area contributed by atoms with E-state index in [1.807, 2.05) is 0 Å². The third-order valence-electron chi connectivity index (χ3n) is 2.46. The van der Waals surface area contributed by atoms with E-state index in [9.17, 15) is 9.90 Å². The minimum absolute atomic E-state index is 0.121. The van der Waals surface area contributed by atoms with Gasteiger partial charge in [-0.15, -0.1) is 0 Å². The SMILES string of the molecule is COc1ccc(-n2cnc(C(=O)[O-])c2)cc1OC. The van der Waals surface area contributed by atoms with Crippen LogP contribution in [0.15, 0.2) is 30.7 Å². The van der Waals surface area contributed by atoms with Gasteiger partial charge < -0.3 is 23.9 Å². The first-order valence-electron chi connectivity index (χ1n) is 5.13. The zero-order valence-electron chi connectivity index (χ0n) is 9.91. The molecule has 0 radical (unpaired) electrons. The van der Waals surface area contributed by atoms with Gasteiger partial charge in [0.25, 0.3) is 0 Å². The Morgan fingerprint density at radius 2 is 2.00 bits per heavy atom. The van der Waals surface area contributed by atoms with Gasteiger partial charge in [0.2, 0.25) is 0 Å². The molecule has 2 aromatic rings. The Morgan fingerprint density at radius 1 is 1.28 bits per heavy atom. The summed E-state index contributed by atoms with van der Waals surface area (Å²) < 4.78 is 11.8. The number of aromatic nitrogens is 2. The highest BCUT2D eigenvalue weighted by molar-refractivity contribution is 5.83. The maximum atomic E-state index is 10.6. The Morgan fingerprint density at radius 3 is 2.56 bits per heavy atom. The number of ether oxygens (including phenoxy) is 2. The lowest BCUT2D eigenvalue weighted by molar-refractivity contribution is -0.255. The van der Waals surface area contributed by atoms with Gasteiger partial charge in [0.1, 0.15) is 5.69 Å². The largest absolute Gasteiger partial charge is 0.543 e. The summed E-state index contributed by atoms with van der Waals surface area (Å²) in [6.07, 6.45) is 2.77. The highest BCUT2D eigenvalue weighted by atomic mass is 16.5. The van der Waals surface area contributed by atoms with Crippen LogP contribution in [-0.4, -0.2) is 29.7 Å². The first kappa shape index (κ1) is 12.0. The number of carboxylic acids is 1. The van der Waals surface area contributed by atoms with E-state index in [4.69, 9.17) is 9.47 Å². The third-order valence-corrected chi connectivity index (χ3v) is 2.46. The molecular weight excluding hydrogens is 236 g/mol. The van der Waals surface area contributed by atoms with Crippen molar-refractivity contribution in [2.24, 2.45) is 0 Å². The summed E-state index contributed by atoms with van der Waals surface area (Å²) in [5.74, 6) is -0.158. The second kappa shape index (κ2) is 4.79. The number of carbonyl (C=O) groups excluding carboxylic acids is 1. The first-order chi connectivity index (χ1) is 8.65. The van der Waals surface area contributed by atoms with Crippen molar-refractivity contribution in [2.45, 2.75) is 0 Å². The average Bonchev–Trinajstić information content (AvgIpc) is 2.87. The third kappa shape index (κ3) is 2.13. The van der Waals surface area contributed by atoms with Crippen molar-refractivity contribution in [1.29, 1.82) is 0 Å². The number of rotatable bonds is 4. The van der Waals surface area contributed by atoms with E-state index in [2.05, 4.69) is 4.98 Å². The summed E-state index contributed by atoms with van der Waals surface area (Å²) >= 11 is 0. The standard InChI is InChI=1S/C12H12N2O4/c1-17-10-4-3-8(5-11(10)18-2)14-6-9(12(15)16)13-7-14/h3-7H,1-2H3,(H,15,16)/p-1. The molecule has 94 valence electrons. The van der Waals surface area contributed by atoms with E-state index in [1.165, 1.54) is 19.6 Å². The molecule has 2 rings (SSSR count). The van der Waals surface area contributed by atoms with E-state index in [0.717, 1.165) is 0 Å². The van der Waals surface area contributed by atoms with Crippen molar-refractivity contribution in [1.82, 2.24) is 9.55 Å². The average molecular weight is 247 g/mol. The highest BCUT2D eigenvalue weighted by Crippen LogP contribution is 2.28. The van der Waals surface area contributed by atoms with Gasteiger partial charge in [0.05, 0.1) is 32.2 Å². The maximum absolute atomic E-state index is 10.6. The summed E-state index contributed by atoms with van der Waals surface area (Å²) in [4.78, 5) is 14.4. The molecule has 0 amide bonds. The number of aromatic carboxylic acids is 1. The quantitative estimate of drug-likeness (QED) is 0.774. The van der Waals surface area contributed by atoms with Gasteiger partial charge in [-0.2, -0.15) is 0 Å². The van der Waals surface area contributed by atoms with E-state index in [0.29, 0.717) is 17.2 Å². The molecule has 0 N–H and O–H groups in total. The number of nitrogens with zero attached hydrogens (tertiary/aromatic N) is 2. The van der Waals surface area contributed by atoms with Gasteiger partial charge in [0.15, 0.2) is 11.5 Å². The van der Waals surface area contributed by atoms with Crippen molar-refractivity contribution in [3.05, 3.63) is 36.4 Å². The molecule has 0 atom stereocenters. The zero-order valence-corrected chi connectivity index (χ0v) is 9.91. The molecule has 1 heterocycles.